The zero-order chi connectivity index (χ0) is 23.1. The van der Waals surface area contributed by atoms with E-state index in [-0.39, 0.29) is 11.3 Å². The van der Waals surface area contributed by atoms with E-state index in [0.29, 0.717) is 26.4 Å². The Hall–Kier alpha value is -3.77. The molecule has 2 heterocycles. The van der Waals surface area contributed by atoms with Crippen molar-refractivity contribution in [2.45, 2.75) is 19.9 Å². The van der Waals surface area contributed by atoms with Crippen LogP contribution in [0.4, 0.5) is 0 Å². The van der Waals surface area contributed by atoms with E-state index in [2.05, 4.69) is 4.99 Å². The summed E-state index contributed by atoms with van der Waals surface area (Å²) in [5.74, 6) is 0.512. The van der Waals surface area contributed by atoms with Crippen LogP contribution in [0.5, 0.6) is 5.75 Å². The zero-order valence-corrected chi connectivity index (χ0v) is 19.3. The molecule has 1 aromatic heterocycles. The number of fused-ring (bicyclic) bond motifs is 2. The minimum Gasteiger partial charge on any atom is -0.496 e. The first-order valence-electron chi connectivity index (χ1n) is 10.6. The van der Waals surface area contributed by atoms with Gasteiger partial charge in [0.05, 0.1) is 17.7 Å². The van der Waals surface area contributed by atoms with Gasteiger partial charge in [-0.25, -0.2) is 4.99 Å². The van der Waals surface area contributed by atoms with Crippen molar-refractivity contribution in [2.24, 2.45) is 4.99 Å². The Balaban J connectivity index is 1.88. The van der Waals surface area contributed by atoms with Crippen molar-refractivity contribution in [3.8, 4) is 5.75 Å². The molecule has 0 saturated heterocycles. The van der Waals surface area contributed by atoms with E-state index in [9.17, 15) is 9.59 Å². The highest BCUT2D eigenvalue weighted by Gasteiger charge is 2.33. The maximum absolute atomic E-state index is 13.7. The van der Waals surface area contributed by atoms with Gasteiger partial charge in [0.1, 0.15) is 5.75 Å². The van der Waals surface area contributed by atoms with Crippen LogP contribution in [-0.4, -0.2) is 17.5 Å². The molecule has 0 unspecified atom stereocenters. The molecule has 1 atom stereocenters. The third-order valence-corrected chi connectivity index (χ3v) is 6.91. The van der Waals surface area contributed by atoms with Crippen molar-refractivity contribution in [3.05, 3.63) is 109 Å². The average Bonchev–Trinajstić information content (AvgIpc) is 3.12. The molecule has 0 radical (unpaired) electrons. The number of hydrogen-bond donors (Lipinski definition) is 0. The Morgan fingerprint density at radius 3 is 2.52 bits per heavy atom. The quantitative estimate of drug-likeness (QED) is 0.469. The van der Waals surface area contributed by atoms with E-state index in [1.165, 1.54) is 18.3 Å². The molecule has 0 spiro atoms. The highest BCUT2D eigenvalue weighted by atomic mass is 32.1. The maximum atomic E-state index is 13.7. The molecule has 0 N–H and O–H groups in total. The molecule has 4 aromatic rings. The van der Waals surface area contributed by atoms with Gasteiger partial charge in [-0.15, -0.1) is 0 Å². The number of ketones is 1. The molecule has 5 nitrogen and oxygen atoms in total. The predicted molar refractivity (Wildman–Crippen MR) is 131 cm³/mol. The number of methoxy groups -OCH3 is 1. The van der Waals surface area contributed by atoms with Gasteiger partial charge in [0.2, 0.25) is 0 Å². The van der Waals surface area contributed by atoms with Crippen LogP contribution in [0.3, 0.4) is 0 Å². The van der Waals surface area contributed by atoms with Gasteiger partial charge < -0.3 is 4.74 Å². The minimum atomic E-state index is -0.627. The highest BCUT2D eigenvalue weighted by molar-refractivity contribution is 7.07. The summed E-state index contributed by atoms with van der Waals surface area (Å²) in [5.41, 5.74) is 2.68. The van der Waals surface area contributed by atoms with Crippen LogP contribution in [0.2, 0.25) is 0 Å². The van der Waals surface area contributed by atoms with E-state index in [1.807, 2.05) is 79.7 Å². The van der Waals surface area contributed by atoms with Crippen LogP contribution in [0.1, 0.15) is 31.0 Å². The van der Waals surface area contributed by atoms with Gasteiger partial charge >= 0.3 is 0 Å². The molecule has 1 aliphatic heterocycles. The molecule has 0 aliphatic carbocycles. The number of allylic oxidation sites excluding steroid dienone is 2. The number of carbonyl (C=O) groups excluding carboxylic acids is 1. The van der Waals surface area contributed by atoms with Gasteiger partial charge in [0.15, 0.2) is 10.6 Å². The Kier molecular flexibility index (Phi) is 5.30. The van der Waals surface area contributed by atoms with Crippen molar-refractivity contribution >= 4 is 34.0 Å². The molecule has 0 bridgehead atoms. The predicted octanol–water partition coefficient (Wildman–Crippen LogP) is 3.99. The number of nitrogens with zero attached hydrogens (tertiary/aromatic N) is 2. The monoisotopic (exact) mass is 454 g/mol. The van der Waals surface area contributed by atoms with Gasteiger partial charge in [0.25, 0.3) is 5.56 Å². The molecule has 0 fully saturated rings. The Morgan fingerprint density at radius 1 is 1.06 bits per heavy atom. The number of carbonyl (C=O) groups is 1. The van der Waals surface area contributed by atoms with Crippen molar-refractivity contribution in [3.63, 3.8) is 0 Å². The molecule has 0 amide bonds. The fraction of sp³-hybridized carbons (Fsp3) is 0.148. The number of thiazole rings is 1. The van der Waals surface area contributed by atoms with Gasteiger partial charge in [-0.1, -0.05) is 72.0 Å². The van der Waals surface area contributed by atoms with Crippen LogP contribution in [0.25, 0.3) is 16.8 Å². The van der Waals surface area contributed by atoms with E-state index in [1.54, 1.807) is 11.7 Å². The van der Waals surface area contributed by atoms with E-state index in [0.717, 1.165) is 21.9 Å². The highest BCUT2D eigenvalue weighted by Crippen LogP contribution is 2.40. The lowest BCUT2D eigenvalue weighted by molar-refractivity contribution is -0.114. The Morgan fingerprint density at radius 2 is 1.79 bits per heavy atom. The number of ether oxygens (including phenoxy) is 1. The van der Waals surface area contributed by atoms with Crippen molar-refractivity contribution in [1.29, 1.82) is 0 Å². The second-order valence-electron chi connectivity index (χ2n) is 7.95. The van der Waals surface area contributed by atoms with Crippen molar-refractivity contribution in [2.75, 3.05) is 7.11 Å². The molecule has 0 saturated carbocycles. The summed E-state index contributed by atoms with van der Waals surface area (Å²) in [6.45, 7) is 3.36. The molecule has 6 heteroatoms. The number of hydrogen-bond acceptors (Lipinski definition) is 5. The number of rotatable bonds is 4. The van der Waals surface area contributed by atoms with Crippen molar-refractivity contribution in [1.82, 2.24) is 4.57 Å². The zero-order valence-electron chi connectivity index (χ0n) is 18.5. The van der Waals surface area contributed by atoms with Crippen LogP contribution in [0, 0.1) is 0 Å². The Bertz CT molecular complexity index is 1610. The molecule has 164 valence electrons. The fourth-order valence-corrected chi connectivity index (χ4v) is 5.53. The van der Waals surface area contributed by atoms with Gasteiger partial charge in [0, 0.05) is 16.8 Å². The summed E-state index contributed by atoms with van der Waals surface area (Å²) < 4.78 is 7.96. The maximum Gasteiger partial charge on any atom is 0.271 e. The topological polar surface area (TPSA) is 60.7 Å². The SMILES string of the molecule is COc1ccc2ccccc2c1[C@H]1C(C(C)=O)=C(C)N=c2s/c(=C\c3ccccc3)c(=O)n21. The van der Waals surface area contributed by atoms with Crippen LogP contribution in [-0.2, 0) is 4.79 Å². The molecule has 3 aromatic carbocycles. The lowest BCUT2D eigenvalue weighted by Gasteiger charge is -2.27. The fourth-order valence-electron chi connectivity index (χ4n) is 4.48. The summed E-state index contributed by atoms with van der Waals surface area (Å²) in [5, 5.41) is 1.95. The first kappa shape index (κ1) is 21.1. The smallest absolute Gasteiger partial charge is 0.271 e. The standard InChI is InChI=1S/C27H22N2O3S/c1-16-23(17(2)30)25(24-20-12-8-7-11-19(20)13-14-21(24)32-3)29-26(31)22(33-27(29)28-16)15-18-9-5-4-6-10-18/h4-15,25H,1-3H3/b22-15-/t25-/m1/s1. The first-order chi connectivity index (χ1) is 16.0. The van der Waals surface area contributed by atoms with Crippen LogP contribution < -0.4 is 19.6 Å². The molecule has 1 aliphatic rings. The van der Waals surface area contributed by atoms with E-state index >= 15 is 0 Å². The van der Waals surface area contributed by atoms with Gasteiger partial charge in [-0.3, -0.25) is 14.2 Å². The summed E-state index contributed by atoms with van der Waals surface area (Å²) >= 11 is 1.33. The van der Waals surface area contributed by atoms with Crippen molar-refractivity contribution < 1.29 is 9.53 Å². The first-order valence-corrected chi connectivity index (χ1v) is 11.5. The molecular formula is C27H22N2O3S. The largest absolute Gasteiger partial charge is 0.496 e. The number of benzene rings is 3. The lowest BCUT2D eigenvalue weighted by atomic mass is 9.89. The normalized spacial score (nSPS) is 16.0. The summed E-state index contributed by atoms with van der Waals surface area (Å²) in [6.07, 6.45) is 1.87. The van der Waals surface area contributed by atoms with E-state index in [4.69, 9.17) is 4.74 Å². The summed E-state index contributed by atoms with van der Waals surface area (Å²) in [4.78, 5) is 31.8. The average molecular weight is 455 g/mol. The molecular weight excluding hydrogens is 432 g/mol. The summed E-state index contributed by atoms with van der Waals surface area (Å²) in [7, 11) is 1.61. The third kappa shape index (κ3) is 3.52. The minimum absolute atomic E-state index is 0.117. The number of Topliss-reactive ketones (excluding diaryl/α,β-unsaturated/α-hetero) is 1. The van der Waals surface area contributed by atoms with Crippen LogP contribution in [0.15, 0.2) is 87.8 Å². The van der Waals surface area contributed by atoms with Crippen LogP contribution >= 0.6 is 11.3 Å². The third-order valence-electron chi connectivity index (χ3n) is 5.92. The van der Waals surface area contributed by atoms with E-state index < -0.39 is 6.04 Å². The lowest BCUT2D eigenvalue weighted by Crippen LogP contribution is -2.39. The van der Waals surface area contributed by atoms with Gasteiger partial charge in [-0.05, 0) is 42.3 Å². The number of aromatic nitrogens is 1. The van der Waals surface area contributed by atoms with Gasteiger partial charge in [-0.2, -0.15) is 0 Å². The molecule has 5 rings (SSSR count). The Labute approximate surface area is 194 Å². The second-order valence-corrected chi connectivity index (χ2v) is 8.96. The summed E-state index contributed by atoms with van der Waals surface area (Å²) in [6, 6.07) is 20.9. The molecule has 33 heavy (non-hydrogen) atoms. The second kappa shape index (κ2) is 8.30.